The van der Waals surface area contributed by atoms with Crippen molar-refractivity contribution < 1.29 is 9.32 Å². The number of nitrogens with zero attached hydrogens (tertiary/aromatic N) is 2. The minimum atomic E-state index is -0.270. The Morgan fingerprint density at radius 1 is 1.56 bits per heavy atom. The fourth-order valence-corrected chi connectivity index (χ4v) is 3.15. The zero-order chi connectivity index (χ0) is 12.5. The van der Waals surface area contributed by atoms with Gasteiger partial charge in [0.2, 0.25) is 5.89 Å². The Morgan fingerprint density at radius 2 is 2.44 bits per heavy atom. The Labute approximate surface area is 106 Å². The number of carbonyl (C=O) groups excluding carboxylic acids is 1. The van der Waals surface area contributed by atoms with Crippen molar-refractivity contribution >= 4 is 5.91 Å². The first-order chi connectivity index (χ1) is 8.79. The lowest BCUT2D eigenvalue weighted by molar-refractivity contribution is 0.0942. The zero-order valence-corrected chi connectivity index (χ0v) is 10.5. The third kappa shape index (κ3) is 1.90. The smallest absolute Gasteiger partial charge is 0.292 e. The van der Waals surface area contributed by atoms with E-state index in [4.69, 9.17) is 4.52 Å². The Bertz CT molecular complexity index is 445. The van der Waals surface area contributed by atoms with Crippen LogP contribution in [-0.4, -0.2) is 29.1 Å². The topological polar surface area (TPSA) is 80.0 Å². The van der Waals surface area contributed by atoms with Gasteiger partial charge in [0.25, 0.3) is 11.7 Å². The molecule has 0 aromatic carbocycles. The van der Waals surface area contributed by atoms with Crippen LogP contribution in [0.25, 0.3) is 0 Å². The fraction of sp³-hybridized carbons (Fsp3) is 0.750. The van der Waals surface area contributed by atoms with Crippen LogP contribution < -0.4 is 10.6 Å². The molecule has 6 nitrogen and oxygen atoms in total. The quantitative estimate of drug-likeness (QED) is 0.832. The molecule has 3 unspecified atom stereocenters. The molecular formula is C12H18N4O2. The van der Waals surface area contributed by atoms with E-state index >= 15 is 0 Å². The number of hydrogen-bond acceptors (Lipinski definition) is 5. The monoisotopic (exact) mass is 250 g/mol. The number of aromatic nitrogens is 2. The highest BCUT2D eigenvalue weighted by atomic mass is 16.5. The molecule has 1 aromatic heterocycles. The second kappa shape index (κ2) is 4.68. The summed E-state index contributed by atoms with van der Waals surface area (Å²) >= 11 is 0. The molecule has 1 saturated heterocycles. The van der Waals surface area contributed by atoms with Gasteiger partial charge in [-0.3, -0.25) is 4.79 Å². The van der Waals surface area contributed by atoms with Crippen molar-refractivity contribution in [3.8, 4) is 0 Å². The number of nitrogens with one attached hydrogen (secondary N) is 2. The van der Waals surface area contributed by atoms with Crippen LogP contribution in [0.2, 0.25) is 0 Å². The highest BCUT2D eigenvalue weighted by Gasteiger charge is 2.42. The van der Waals surface area contributed by atoms with Crippen LogP contribution in [0, 0.1) is 11.8 Å². The lowest BCUT2D eigenvalue weighted by Crippen LogP contribution is -2.24. The molecule has 1 aromatic rings. The van der Waals surface area contributed by atoms with E-state index in [0.717, 1.165) is 12.5 Å². The number of amides is 1. The standard InChI is InChI=1S/C12H18N4O2/c1-2-13-11(17)10-15-12(18-16-10)9-8-5-3-4-7(8)6-14-9/h7-9,14H,2-6H2,1H3,(H,13,17). The first-order valence-electron chi connectivity index (χ1n) is 6.64. The minimum Gasteiger partial charge on any atom is -0.349 e. The fourth-order valence-electron chi connectivity index (χ4n) is 3.15. The summed E-state index contributed by atoms with van der Waals surface area (Å²) in [5, 5.41) is 9.85. The molecule has 2 fully saturated rings. The molecule has 3 atom stereocenters. The predicted molar refractivity (Wildman–Crippen MR) is 63.9 cm³/mol. The Balaban J connectivity index is 1.75. The first kappa shape index (κ1) is 11.6. The summed E-state index contributed by atoms with van der Waals surface area (Å²) in [5.74, 6) is 1.75. The molecular weight excluding hydrogens is 232 g/mol. The van der Waals surface area contributed by atoms with Gasteiger partial charge < -0.3 is 15.2 Å². The van der Waals surface area contributed by atoms with Gasteiger partial charge in [-0.1, -0.05) is 11.6 Å². The predicted octanol–water partition coefficient (Wildman–Crippen LogP) is 0.880. The third-order valence-electron chi connectivity index (χ3n) is 3.99. The average molecular weight is 250 g/mol. The van der Waals surface area contributed by atoms with Gasteiger partial charge in [0.05, 0.1) is 6.04 Å². The highest BCUT2D eigenvalue weighted by Crippen LogP contribution is 2.43. The SMILES string of the molecule is CCNC(=O)c1noc(C2NCC3CCCC32)n1. The number of rotatable bonds is 3. The van der Waals surface area contributed by atoms with Crippen molar-refractivity contribution in [1.29, 1.82) is 0 Å². The molecule has 3 rings (SSSR count). The maximum Gasteiger partial charge on any atom is 0.292 e. The Kier molecular flexibility index (Phi) is 3.03. The number of hydrogen-bond donors (Lipinski definition) is 2. The van der Waals surface area contributed by atoms with Crippen LogP contribution in [0.5, 0.6) is 0 Å². The van der Waals surface area contributed by atoms with E-state index < -0.39 is 0 Å². The average Bonchev–Trinajstić information content (AvgIpc) is 3.04. The molecule has 6 heteroatoms. The largest absolute Gasteiger partial charge is 0.349 e. The summed E-state index contributed by atoms with van der Waals surface area (Å²) in [7, 11) is 0. The summed E-state index contributed by atoms with van der Waals surface area (Å²) in [6, 6.07) is 0.133. The van der Waals surface area contributed by atoms with Crippen LogP contribution in [0.4, 0.5) is 0 Å². The normalized spacial score (nSPS) is 30.4. The van der Waals surface area contributed by atoms with E-state index in [1.165, 1.54) is 19.3 Å². The van der Waals surface area contributed by atoms with Crippen molar-refractivity contribution in [2.75, 3.05) is 13.1 Å². The van der Waals surface area contributed by atoms with Gasteiger partial charge in [0.15, 0.2) is 0 Å². The van der Waals surface area contributed by atoms with Crippen molar-refractivity contribution in [2.45, 2.75) is 32.2 Å². The van der Waals surface area contributed by atoms with E-state index in [1.807, 2.05) is 6.92 Å². The molecule has 0 bridgehead atoms. The van der Waals surface area contributed by atoms with Gasteiger partial charge in [-0.25, -0.2) is 0 Å². The third-order valence-corrected chi connectivity index (χ3v) is 3.99. The van der Waals surface area contributed by atoms with Crippen LogP contribution in [0.15, 0.2) is 4.52 Å². The molecule has 1 saturated carbocycles. The van der Waals surface area contributed by atoms with Crippen molar-refractivity contribution in [2.24, 2.45) is 11.8 Å². The number of carbonyl (C=O) groups is 1. The van der Waals surface area contributed by atoms with Crippen LogP contribution >= 0.6 is 0 Å². The Hall–Kier alpha value is -1.43. The number of fused-ring (bicyclic) bond motifs is 1. The molecule has 2 N–H and O–H groups in total. The summed E-state index contributed by atoms with van der Waals surface area (Å²) in [5.41, 5.74) is 0. The van der Waals surface area contributed by atoms with Crippen molar-refractivity contribution in [1.82, 2.24) is 20.8 Å². The Morgan fingerprint density at radius 3 is 3.28 bits per heavy atom. The van der Waals surface area contributed by atoms with E-state index in [-0.39, 0.29) is 17.8 Å². The lowest BCUT2D eigenvalue weighted by atomic mass is 9.94. The van der Waals surface area contributed by atoms with E-state index in [9.17, 15) is 4.79 Å². The summed E-state index contributed by atoms with van der Waals surface area (Å²) < 4.78 is 5.24. The molecule has 2 heterocycles. The molecule has 0 spiro atoms. The van der Waals surface area contributed by atoms with Crippen molar-refractivity contribution in [3.05, 3.63) is 11.7 Å². The van der Waals surface area contributed by atoms with E-state index in [2.05, 4.69) is 20.8 Å². The van der Waals surface area contributed by atoms with Gasteiger partial charge in [0.1, 0.15) is 0 Å². The van der Waals surface area contributed by atoms with Crippen LogP contribution in [0.1, 0.15) is 48.7 Å². The van der Waals surface area contributed by atoms with Crippen LogP contribution in [-0.2, 0) is 0 Å². The molecule has 0 radical (unpaired) electrons. The lowest BCUT2D eigenvalue weighted by Gasteiger charge is -2.13. The second-order valence-electron chi connectivity index (χ2n) is 5.06. The van der Waals surface area contributed by atoms with Gasteiger partial charge in [0, 0.05) is 6.54 Å². The van der Waals surface area contributed by atoms with E-state index in [1.54, 1.807) is 0 Å². The molecule has 1 amide bonds. The molecule has 18 heavy (non-hydrogen) atoms. The second-order valence-corrected chi connectivity index (χ2v) is 5.06. The molecule has 2 aliphatic rings. The van der Waals surface area contributed by atoms with E-state index in [0.29, 0.717) is 18.4 Å². The van der Waals surface area contributed by atoms with Crippen LogP contribution in [0.3, 0.4) is 0 Å². The van der Waals surface area contributed by atoms with Gasteiger partial charge in [-0.2, -0.15) is 4.98 Å². The minimum absolute atomic E-state index is 0.133. The molecule has 1 aliphatic heterocycles. The van der Waals surface area contributed by atoms with Gasteiger partial charge in [-0.05, 0) is 38.1 Å². The zero-order valence-electron chi connectivity index (χ0n) is 10.5. The molecule has 1 aliphatic carbocycles. The maximum atomic E-state index is 11.6. The van der Waals surface area contributed by atoms with Crippen molar-refractivity contribution in [3.63, 3.8) is 0 Å². The van der Waals surface area contributed by atoms with Gasteiger partial charge in [-0.15, -0.1) is 0 Å². The summed E-state index contributed by atoms with van der Waals surface area (Å²) in [6.07, 6.45) is 3.78. The maximum absolute atomic E-state index is 11.6. The highest BCUT2D eigenvalue weighted by molar-refractivity contribution is 5.90. The summed E-state index contributed by atoms with van der Waals surface area (Å²) in [4.78, 5) is 15.8. The van der Waals surface area contributed by atoms with Gasteiger partial charge >= 0.3 is 0 Å². The molecule has 98 valence electrons. The summed E-state index contributed by atoms with van der Waals surface area (Å²) in [6.45, 7) is 3.45. The first-order valence-corrected chi connectivity index (χ1v) is 6.64.